The minimum Gasteiger partial charge on any atom is -0.497 e. The van der Waals surface area contributed by atoms with Crippen LogP contribution in [-0.2, 0) is 16.1 Å². The van der Waals surface area contributed by atoms with Crippen LogP contribution in [0.15, 0.2) is 54.6 Å². The molecule has 0 aliphatic heterocycles. The van der Waals surface area contributed by atoms with Gasteiger partial charge >= 0.3 is 0 Å². The van der Waals surface area contributed by atoms with Gasteiger partial charge in [-0.05, 0) is 55.5 Å². The van der Waals surface area contributed by atoms with Crippen LogP contribution in [0.5, 0.6) is 5.75 Å². The van der Waals surface area contributed by atoms with Gasteiger partial charge in [-0.2, -0.15) is 0 Å². The Labute approximate surface area is 178 Å². The van der Waals surface area contributed by atoms with Crippen LogP contribution in [0.3, 0.4) is 0 Å². The van der Waals surface area contributed by atoms with Crippen LogP contribution in [-0.4, -0.2) is 50.0 Å². The fourth-order valence-corrected chi connectivity index (χ4v) is 3.65. The summed E-state index contributed by atoms with van der Waals surface area (Å²) in [6.07, 6.45) is 2.37. The molecule has 6 nitrogen and oxygen atoms in total. The quantitative estimate of drug-likeness (QED) is 0.630. The van der Waals surface area contributed by atoms with Crippen molar-refractivity contribution in [3.05, 3.63) is 60.2 Å². The third-order valence-corrected chi connectivity index (χ3v) is 5.60. The number of nitrogens with one attached hydrogen (secondary N) is 2. The number of carbonyl (C=O) groups excluding carboxylic acids is 2. The number of rotatable bonds is 10. The molecule has 6 heteroatoms. The van der Waals surface area contributed by atoms with Gasteiger partial charge in [-0.3, -0.25) is 9.59 Å². The molecule has 1 unspecified atom stereocenters. The van der Waals surface area contributed by atoms with Gasteiger partial charge in [-0.1, -0.05) is 30.3 Å². The van der Waals surface area contributed by atoms with Crippen molar-refractivity contribution in [1.82, 2.24) is 4.90 Å². The fourth-order valence-electron chi connectivity index (χ4n) is 3.65. The van der Waals surface area contributed by atoms with Gasteiger partial charge < -0.3 is 19.9 Å². The van der Waals surface area contributed by atoms with E-state index in [1.807, 2.05) is 30.1 Å². The molecule has 2 atom stereocenters. The first-order valence-corrected chi connectivity index (χ1v) is 10.5. The summed E-state index contributed by atoms with van der Waals surface area (Å²) < 4.78 is 5.13. The highest BCUT2D eigenvalue weighted by Gasteiger charge is 2.35. The van der Waals surface area contributed by atoms with E-state index in [9.17, 15) is 9.59 Å². The molecule has 2 amide bonds. The van der Waals surface area contributed by atoms with Gasteiger partial charge in [0.25, 0.3) is 11.8 Å². The molecule has 0 bridgehead atoms. The van der Waals surface area contributed by atoms with E-state index in [1.54, 1.807) is 31.4 Å². The maximum absolute atomic E-state index is 13.1. The predicted molar refractivity (Wildman–Crippen MR) is 117 cm³/mol. The van der Waals surface area contributed by atoms with Gasteiger partial charge in [0, 0.05) is 18.3 Å². The second-order valence-electron chi connectivity index (χ2n) is 8.17. The molecular formula is C24H32N3O3+. The minimum absolute atomic E-state index is 0.0907. The summed E-state index contributed by atoms with van der Waals surface area (Å²) in [6.45, 7) is 3.28. The maximum Gasteiger partial charge on any atom is 0.279 e. The van der Waals surface area contributed by atoms with Crippen molar-refractivity contribution in [2.45, 2.75) is 32.4 Å². The number of anilines is 1. The number of likely N-dealkylation sites (N-methyl/N-ethyl adjacent to an activating group) is 1. The lowest BCUT2D eigenvalue weighted by molar-refractivity contribution is -0.862. The maximum atomic E-state index is 13.1. The van der Waals surface area contributed by atoms with Crippen LogP contribution in [0.4, 0.5) is 5.69 Å². The molecular weight excluding hydrogens is 378 g/mol. The molecule has 0 spiro atoms. The Morgan fingerprint density at radius 1 is 1.10 bits per heavy atom. The number of methoxy groups -OCH3 is 1. The summed E-state index contributed by atoms with van der Waals surface area (Å²) >= 11 is 0. The first-order chi connectivity index (χ1) is 14.5. The lowest BCUT2D eigenvalue weighted by Gasteiger charge is -2.30. The molecule has 0 radical (unpaired) electrons. The minimum atomic E-state index is -0.115. The standard InChI is InChI=1S/C24H31N3O3/c1-18(20-9-10-20)27(15-19-7-5-4-6-8-19)24(29)17-26(2)16-23(28)25-21-11-13-22(30-3)14-12-21/h4-8,11-14,18,20H,9-10,15-17H2,1-3H3,(H,25,28)/p+1/t18-/m1/s1. The smallest absolute Gasteiger partial charge is 0.279 e. The highest BCUT2D eigenvalue weighted by Crippen LogP contribution is 2.35. The van der Waals surface area contributed by atoms with Gasteiger partial charge in [-0.25, -0.2) is 0 Å². The normalized spacial score (nSPS) is 15.2. The summed E-state index contributed by atoms with van der Waals surface area (Å²) in [4.78, 5) is 28.3. The molecule has 30 heavy (non-hydrogen) atoms. The van der Waals surface area contributed by atoms with Crippen LogP contribution in [0.2, 0.25) is 0 Å². The molecule has 1 saturated carbocycles. The third-order valence-electron chi connectivity index (χ3n) is 5.60. The summed E-state index contributed by atoms with van der Waals surface area (Å²) in [5.74, 6) is 1.31. The fraction of sp³-hybridized carbons (Fsp3) is 0.417. The van der Waals surface area contributed by atoms with Gasteiger partial charge in [0.2, 0.25) is 0 Å². The third kappa shape index (κ3) is 6.32. The Bertz CT molecular complexity index is 835. The van der Waals surface area contributed by atoms with E-state index in [1.165, 1.54) is 12.8 Å². The summed E-state index contributed by atoms with van der Waals surface area (Å²) in [6, 6.07) is 17.5. The first-order valence-electron chi connectivity index (χ1n) is 10.5. The number of amides is 2. The van der Waals surface area contributed by atoms with E-state index in [0.29, 0.717) is 24.7 Å². The summed E-state index contributed by atoms with van der Waals surface area (Å²) in [7, 11) is 3.49. The monoisotopic (exact) mass is 410 g/mol. The van der Waals surface area contributed by atoms with Crippen molar-refractivity contribution in [2.75, 3.05) is 32.6 Å². The van der Waals surface area contributed by atoms with Crippen molar-refractivity contribution in [1.29, 1.82) is 0 Å². The zero-order chi connectivity index (χ0) is 21.5. The highest BCUT2D eigenvalue weighted by molar-refractivity contribution is 5.91. The van der Waals surface area contributed by atoms with E-state index in [2.05, 4.69) is 24.4 Å². The Balaban J connectivity index is 1.55. The Kier molecular flexibility index (Phi) is 7.46. The van der Waals surface area contributed by atoms with E-state index >= 15 is 0 Å². The SMILES string of the molecule is COc1ccc(NC(=O)C[NH+](C)CC(=O)N(Cc2ccccc2)[C@H](C)C2CC2)cc1. The Morgan fingerprint density at radius 2 is 1.77 bits per heavy atom. The second-order valence-corrected chi connectivity index (χ2v) is 8.17. The molecule has 1 aliphatic carbocycles. The van der Waals surface area contributed by atoms with Gasteiger partial charge in [-0.15, -0.1) is 0 Å². The van der Waals surface area contributed by atoms with Crippen LogP contribution < -0.4 is 15.0 Å². The molecule has 2 aromatic rings. The van der Waals surface area contributed by atoms with Gasteiger partial charge in [0.1, 0.15) is 5.75 Å². The van der Waals surface area contributed by atoms with Crippen LogP contribution in [0, 0.1) is 5.92 Å². The number of carbonyl (C=O) groups is 2. The van der Waals surface area contributed by atoms with Gasteiger partial charge in [0.15, 0.2) is 13.1 Å². The van der Waals surface area contributed by atoms with Crippen molar-refractivity contribution in [2.24, 2.45) is 5.92 Å². The average molecular weight is 411 g/mol. The largest absolute Gasteiger partial charge is 0.497 e. The zero-order valence-corrected chi connectivity index (χ0v) is 18.1. The van der Waals surface area contributed by atoms with Crippen LogP contribution in [0.25, 0.3) is 0 Å². The highest BCUT2D eigenvalue weighted by atomic mass is 16.5. The number of ether oxygens (including phenoxy) is 1. The molecule has 2 N–H and O–H groups in total. The number of hydrogen-bond acceptors (Lipinski definition) is 3. The van der Waals surface area contributed by atoms with Crippen molar-refractivity contribution >= 4 is 17.5 Å². The Morgan fingerprint density at radius 3 is 2.37 bits per heavy atom. The van der Waals surface area contributed by atoms with Crippen molar-refractivity contribution in [3.63, 3.8) is 0 Å². The molecule has 1 fully saturated rings. The van der Waals surface area contributed by atoms with E-state index in [0.717, 1.165) is 16.2 Å². The molecule has 0 saturated heterocycles. The Hall–Kier alpha value is -2.86. The van der Waals surface area contributed by atoms with Crippen molar-refractivity contribution in [3.8, 4) is 5.75 Å². The lowest BCUT2D eigenvalue weighted by atomic mass is 10.1. The topological polar surface area (TPSA) is 63.1 Å². The van der Waals surface area contributed by atoms with E-state index in [-0.39, 0.29) is 24.4 Å². The lowest BCUT2D eigenvalue weighted by Crippen LogP contribution is -3.11. The molecule has 0 heterocycles. The predicted octanol–water partition coefficient (Wildman–Crippen LogP) is 1.98. The van der Waals surface area contributed by atoms with Crippen LogP contribution in [0.1, 0.15) is 25.3 Å². The average Bonchev–Trinajstić information content (AvgIpc) is 3.58. The van der Waals surface area contributed by atoms with E-state index in [4.69, 9.17) is 4.74 Å². The molecule has 2 aromatic carbocycles. The molecule has 3 rings (SSSR count). The number of quaternary nitrogens is 1. The van der Waals surface area contributed by atoms with E-state index < -0.39 is 0 Å². The summed E-state index contributed by atoms with van der Waals surface area (Å²) in [5, 5.41) is 2.88. The van der Waals surface area contributed by atoms with Gasteiger partial charge in [0.05, 0.1) is 14.2 Å². The molecule has 0 aromatic heterocycles. The number of hydrogen-bond donors (Lipinski definition) is 2. The number of benzene rings is 2. The zero-order valence-electron chi connectivity index (χ0n) is 18.1. The van der Waals surface area contributed by atoms with Crippen molar-refractivity contribution < 1.29 is 19.2 Å². The molecule has 1 aliphatic rings. The summed E-state index contributed by atoms with van der Waals surface area (Å²) in [5.41, 5.74) is 1.85. The van der Waals surface area contributed by atoms with Crippen LogP contribution >= 0.6 is 0 Å². The second kappa shape index (κ2) is 10.3. The number of nitrogens with zero attached hydrogens (tertiary/aromatic N) is 1. The molecule has 160 valence electrons. The first kappa shape index (κ1) is 21.8.